The molecule has 2 aliphatic rings. The fourth-order valence-corrected chi connectivity index (χ4v) is 4.38. The standard InChI is InChI=1S/C28H26FNO3/c1-3-19-4-6-21(7-5-19)14-25-26(31)24-15-22-16-30(13-12-20-8-10-23(29)11-9-20)17-32-27(22)18(2)28(24)33-25/h4-11,14-15H,3,12-13,16-17H2,1-2H3/b25-14-. The maximum Gasteiger partial charge on any atom is 0.231 e. The third-order valence-electron chi connectivity index (χ3n) is 6.32. The lowest BCUT2D eigenvalue weighted by molar-refractivity contribution is 0.0954. The molecule has 0 aromatic heterocycles. The average Bonchev–Trinajstić information content (AvgIpc) is 3.14. The summed E-state index contributed by atoms with van der Waals surface area (Å²) in [4.78, 5) is 15.3. The Morgan fingerprint density at radius 1 is 1.03 bits per heavy atom. The number of nitrogens with zero attached hydrogens (tertiary/aromatic N) is 1. The molecular weight excluding hydrogens is 417 g/mol. The van der Waals surface area contributed by atoms with E-state index in [1.807, 2.05) is 37.3 Å². The lowest BCUT2D eigenvalue weighted by Gasteiger charge is -2.30. The second-order valence-corrected chi connectivity index (χ2v) is 8.60. The number of allylic oxidation sites excluding steroid dienone is 1. The molecule has 0 atom stereocenters. The molecule has 2 aliphatic heterocycles. The van der Waals surface area contributed by atoms with Crippen LogP contribution in [0.2, 0.25) is 0 Å². The zero-order valence-corrected chi connectivity index (χ0v) is 18.9. The van der Waals surface area contributed by atoms with Gasteiger partial charge in [-0.15, -0.1) is 0 Å². The summed E-state index contributed by atoms with van der Waals surface area (Å²) < 4.78 is 25.2. The predicted octanol–water partition coefficient (Wildman–Crippen LogP) is 5.71. The quantitative estimate of drug-likeness (QED) is 0.474. The summed E-state index contributed by atoms with van der Waals surface area (Å²) in [7, 11) is 0. The molecule has 0 bridgehead atoms. The highest BCUT2D eigenvalue weighted by molar-refractivity contribution is 6.15. The van der Waals surface area contributed by atoms with Crippen molar-refractivity contribution < 1.29 is 18.7 Å². The first-order valence-corrected chi connectivity index (χ1v) is 11.3. The molecule has 5 heteroatoms. The van der Waals surface area contributed by atoms with Crippen LogP contribution in [0.5, 0.6) is 11.5 Å². The molecule has 0 amide bonds. The summed E-state index contributed by atoms with van der Waals surface area (Å²) in [5.74, 6) is 1.41. The van der Waals surface area contributed by atoms with Crippen LogP contribution in [0.4, 0.5) is 4.39 Å². The molecule has 0 N–H and O–H groups in total. The Morgan fingerprint density at radius 2 is 1.76 bits per heavy atom. The Balaban J connectivity index is 1.34. The van der Waals surface area contributed by atoms with Crippen molar-refractivity contribution in [1.82, 2.24) is 4.90 Å². The van der Waals surface area contributed by atoms with Gasteiger partial charge in [0.1, 0.15) is 24.0 Å². The monoisotopic (exact) mass is 443 g/mol. The van der Waals surface area contributed by atoms with E-state index < -0.39 is 0 Å². The molecule has 0 fully saturated rings. The minimum Gasteiger partial charge on any atom is -0.477 e. The number of fused-ring (bicyclic) bond motifs is 2. The Labute approximate surface area is 193 Å². The first kappa shape index (κ1) is 21.4. The molecule has 168 valence electrons. The number of hydrogen-bond acceptors (Lipinski definition) is 4. The molecule has 3 aromatic rings. The van der Waals surface area contributed by atoms with Gasteiger partial charge in [-0.3, -0.25) is 9.69 Å². The largest absolute Gasteiger partial charge is 0.477 e. The maximum absolute atomic E-state index is 13.1. The molecule has 33 heavy (non-hydrogen) atoms. The van der Waals surface area contributed by atoms with Crippen LogP contribution in [0.1, 0.15) is 45.1 Å². The molecule has 0 radical (unpaired) electrons. The number of benzene rings is 3. The minimum atomic E-state index is -0.225. The topological polar surface area (TPSA) is 38.8 Å². The number of hydrogen-bond donors (Lipinski definition) is 0. The number of halogens is 1. The van der Waals surface area contributed by atoms with E-state index in [0.29, 0.717) is 30.3 Å². The summed E-state index contributed by atoms with van der Waals surface area (Å²) in [6.45, 7) is 6.00. The van der Waals surface area contributed by atoms with E-state index in [9.17, 15) is 9.18 Å². The van der Waals surface area contributed by atoms with Gasteiger partial charge in [0.15, 0.2) is 5.76 Å². The van der Waals surface area contributed by atoms with Gasteiger partial charge in [0.2, 0.25) is 5.78 Å². The highest BCUT2D eigenvalue weighted by atomic mass is 19.1. The molecule has 0 unspecified atom stereocenters. The zero-order chi connectivity index (χ0) is 22.9. The van der Waals surface area contributed by atoms with Gasteiger partial charge < -0.3 is 9.47 Å². The summed E-state index contributed by atoms with van der Waals surface area (Å²) in [5, 5.41) is 0. The van der Waals surface area contributed by atoms with Crippen LogP contribution in [0.15, 0.2) is 60.4 Å². The van der Waals surface area contributed by atoms with Gasteiger partial charge in [-0.25, -0.2) is 4.39 Å². The van der Waals surface area contributed by atoms with Crippen LogP contribution >= 0.6 is 0 Å². The third-order valence-corrected chi connectivity index (χ3v) is 6.32. The molecule has 0 aliphatic carbocycles. The van der Waals surface area contributed by atoms with Crippen molar-refractivity contribution in [1.29, 1.82) is 0 Å². The number of carbonyl (C=O) groups excluding carboxylic acids is 1. The van der Waals surface area contributed by atoms with Crippen LogP contribution in [-0.4, -0.2) is 24.0 Å². The van der Waals surface area contributed by atoms with Crippen LogP contribution in [0.25, 0.3) is 6.08 Å². The molecule has 2 heterocycles. The van der Waals surface area contributed by atoms with Crippen molar-refractivity contribution >= 4 is 11.9 Å². The van der Waals surface area contributed by atoms with Gasteiger partial charge in [-0.1, -0.05) is 43.3 Å². The molecule has 0 spiro atoms. The zero-order valence-electron chi connectivity index (χ0n) is 18.9. The van der Waals surface area contributed by atoms with Crippen molar-refractivity contribution in [3.05, 3.63) is 99.6 Å². The predicted molar refractivity (Wildman–Crippen MR) is 126 cm³/mol. The highest BCUT2D eigenvalue weighted by Crippen LogP contribution is 2.43. The normalized spacial score (nSPS) is 16.3. The summed E-state index contributed by atoms with van der Waals surface area (Å²) in [5.41, 5.74) is 5.71. The Bertz CT molecular complexity index is 1230. The van der Waals surface area contributed by atoms with E-state index in [1.165, 1.54) is 17.7 Å². The second kappa shape index (κ2) is 8.83. The number of aryl methyl sites for hydroxylation is 1. The van der Waals surface area contributed by atoms with Gasteiger partial charge in [-0.05, 0) is 60.7 Å². The summed E-state index contributed by atoms with van der Waals surface area (Å²) in [6.07, 6.45) is 3.58. The average molecular weight is 444 g/mol. The lowest BCUT2D eigenvalue weighted by atomic mass is 9.99. The molecular formula is C28H26FNO3. The highest BCUT2D eigenvalue weighted by Gasteiger charge is 2.33. The molecule has 3 aromatic carbocycles. The minimum absolute atomic E-state index is 0.0982. The van der Waals surface area contributed by atoms with E-state index in [1.54, 1.807) is 6.08 Å². The third kappa shape index (κ3) is 4.29. The van der Waals surface area contributed by atoms with Gasteiger partial charge in [0.05, 0.1) is 5.56 Å². The maximum atomic E-state index is 13.1. The lowest BCUT2D eigenvalue weighted by Crippen LogP contribution is -2.34. The molecule has 5 rings (SSSR count). The van der Waals surface area contributed by atoms with Crippen LogP contribution in [-0.2, 0) is 19.4 Å². The van der Waals surface area contributed by atoms with E-state index in [-0.39, 0.29) is 11.6 Å². The van der Waals surface area contributed by atoms with Crippen LogP contribution in [0.3, 0.4) is 0 Å². The first-order chi connectivity index (χ1) is 16.0. The van der Waals surface area contributed by atoms with Crippen molar-refractivity contribution in [2.75, 3.05) is 13.3 Å². The van der Waals surface area contributed by atoms with Crippen molar-refractivity contribution in [3.8, 4) is 11.5 Å². The van der Waals surface area contributed by atoms with Gasteiger partial charge in [-0.2, -0.15) is 0 Å². The van der Waals surface area contributed by atoms with Crippen LogP contribution < -0.4 is 9.47 Å². The molecule has 0 saturated carbocycles. The Hall–Kier alpha value is -3.44. The van der Waals surface area contributed by atoms with Gasteiger partial charge in [0.25, 0.3) is 0 Å². The number of Topliss-reactive ketones (excluding diaryl/α,β-unsaturated/α-hetero) is 1. The number of ether oxygens (including phenoxy) is 2. The van der Waals surface area contributed by atoms with E-state index in [2.05, 4.69) is 24.0 Å². The Morgan fingerprint density at radius 3 is 2.48 bits per heavy atom. The fourth-order valence-electron chi connectivity index (χ4n) is 4.38. The van der Waals surface area contributed by atoms with Crippen molar-refractivity contribution in [2.24, 2.45) is 0 Å². The smallest absolute Gasteiger partial charge is 0.231 e. The van der Waals surface area contributed by atoms with E-state index in [4.69, 9.17) is 9.47 Å². The van der Waals surface area contributed by atoms with Crippen molar-refractivity contribution in [2.45, 2.75) is 33.2 Å². The van der Waals surface area contributed by atoms with E-state index in [0.717, 1.165) is 47.4 Å². The van der Waals surface area contributed by atoms with Gasteiger partial charge >= 0.3 is 0 Å². The SMILES string of the molecule is CCc1ccc(/C=C2\Oc3c(cc4c(c3C)OCN(CCc3ccc(F)cc3)C4)C2=O)cc1. The summed E-state index contributed by atoms with van der Waals surface area (Å²) in [6, 6.07) is 16.6. The number of carbonyl (C=O) groups is 1. The van der Waals surface area contributed by atoms with Gasteiger partial charge in [0, 0.05) is 24.2 Å². The van der Waals surface area contributed by atoms with Crippen molar-refractivity contribution in [3.63, 3.8) is 0 Å². The molecule has 4 nitrogen and oxygen atoms in total. The Kier molecular flexibility index (Phi) is 5.73. The number of rotatable bonds is 5. The molecule has 0 saturated heterocycles. The fraction of sp³-hybridized carbons (Fsp3) is 0.250. The number of ketones is 1. The summed E-state index contributed by atoms with van der Waals surface area (Å²) >= 11 is 0. The van der Waals surface area contributed by atoms with E-state index >= 15 is 0 Å². The first-order valence-electron chi connectivity index (χ1n) is 11.3. The van der Waals surface area contributed by atoms with Crippen LogP contribution in [0, 0.1) is 12.7 Å². The second-order valence-electron chi connectivity index (χ2n) is 8.60.